The van der Waals surface area contributed by atoms with E-state index in [0.717, 1.165) is 32.6 Å². The Bertz CT molecular complexity index is 317. The van der Waals surface area contributed by atoms with Gasteiger partial charge >= 0.3 is 0 Å². The number of hydrogen-bond donors (Lipinski definition) is 2. The predicted octanol–water partition coefficient (Wildman–Crippen LogP) is -0.365. The molecule has 0 aromatic rings. The quantitative estimate of drug-likeness (QED) is 0.732. The molecular weight excluding hydrogens is 240 g/mol. The van der Waals surface area contributed by atoms with Gasteiger partial charge in [-0.2, -0.15) is 0 Å². The molecule has 0 bridgehead atoms. The van der Waals surface area contributed by atoms with E-state index in [9.17, 15) is 4.79 Å². The molecule has 3 rings (SSSR count). The first-order valence-electron chi connectivity index (χ1n) is 7.79. The van der Waals surface area contributed by atoms with E-state index in [1.165, 1.54) is 32.4 Å². The molecule has 3 saturated heterocycles. The molecule has 0 radical (unpaired) electrons. The third kappa shape index (κ3) is 3.27. The summed E-state index contributed by atoms with van der Waals surface area (Å²) >= 11 is 0. The van der Waals surface area contributed by atoms with Crippen LogP contribution in [0.2, 0.25) is 0 Å². The van der Waals surface area contributed by atoms with Crippen molar-refractivity contribution < 1.29 is 4.79 Å². The highest BCUT2D eigenvalue weighted by Gasteiger charge is 2.36. The number of hydrogen-bond acceptors (Lipinski definition) is 4. The van der Waals surface area contributed by atoms with Crippen LogP contribution in [-0.4, -0.2) is 73.6 Å². The smallest absolute Gasteiger partial charge is 0.234 e. The second kappa shape index (κ2) is 6.20. The van der Waals surface area contributed by atoms with Gasteiger partial charge in [-0.25, -0.2) is 0 Å². The Balaban J connectivity index is 1.46. The molecule has 1 amide bonds. The number of carbonyl (C=O) groups excluding carboxylic acids is 1. The third-order valence-electron chi connectivity index (χ3n) is 4.78. The molecule has 0 aromatic heterocycles. The largest absolute Gasteiger partial charge is 0.351 e. The summed E-state index contributed by atoms with van der Waals surface area (Å²) in [5.74, 6) is 0.222. The van der Waals surface area contributed by atoms with E-state index in [1.807, 2.05) is 0 Å². The molecule has 3 fully saturated rings. The van der Waals surface area contributed by atoms with Crippen molar-refractivity contribution in [3.63, 3.8) is 0 Å². The van der Waals surface area contributed by atoms with Crippen LogP contribution >= 0.6 is 0 Å². The van der Waals surface area contributed by atoms with Crippen LogP contribution in [0.4, 0.5) is 0 Å². The maximum absolute atomic E-state index is 12.2. The van der Waals surface area contributed by atoms with Crippen molar-refractivity contribution in [2.24, 2.45) is 0 Å². The predicted molar refractivity (Wildman–Crippen MR) is 75.1 cm³/mol. The van der Waals surface area contributed by atoms with Crippen LogP contribution in [0.25, 0.3) is 0 Å². The van der Waals surface area contributed by atoms with E-state index in [1.54, 1.807) is 0 Å². The lowest BCUT2D eigenvalue weighted by molar-refractivity contribution is -0.123. The van der Waals surface area contributed by atoms with E-state index in [0.29, 0.717) is 18.6 Å². The number of piperidine rings is 1. The van der Waals surface area contributed by atoms with Crippen LogP contribution in [0.1, 0.15) is 25.7 Å². The van der Waals surface area contributed by atoms with E-state index < -0.39 is 0 Å². The fraction of sp³-hybridized carbons (Fsp3) is 0.929. The molecule has 5 heteroatoms. The summed E-state index contributed by atoms with van der Waals surface area (Å²) < 4.78 is 0. The average Bonchev–Trinajstić information content (AvgIpc) is 2.83. The normalized spacial score (nSPS) is 33.1. The second-order valence-corrected chi connectivity index (χ2v) is 6.09. The number of fused-ring (bicyclic) bond motifs is 1. The maximum Gasteiger partial charge on any atom is 0.234 e. The molecule has 2 unspecified atom stereocenters. The van der Waals surface area contributed by atoms with Crippen molar-refractivity contribution in [3.05, 3.63) is 0 Å². The summed E-state index contributed by atoms with van der Waals surface area (Å²) in [5, 5.41) is 6.60. The highest BCUT2D eigenvalue weighted by atomic mass is 16.2. The lowest BCUT2D eigenvalue weighted by atomic mass is 9.99. The highest BCUT2D eigenvalue weighted by Crippen LogP contribution is 2.26. The van der Waals surface area contributed by atoms with Gasteiger partial charge in [-0.05, 0) is 25.8 Å². The van der Waals surface area contributed by atoms with Crippen LogP contribution in [-0.2, 0) is 4.79 Å². The Labute approximate surface area is 115 Å². The van der Waals surface area contributed by atoms with Crippen LogP contribution in [0.3, 0.4) is 0 Å². The monoisotopic (exact) mass is 266 g/mol. The summed E-state index contributed by atoms with van der Waals surface area (Å²) in [4.78, 5) is 17.0. The van der Waals surface area contributed by atoms with E-state index in [2.05, 4.69) is 20.4 Å². The molecule has 0 aromatic carbocycles. The maximum atomic E-state index is 12.2. The SMILES string of the molecule is O=C(CN1CCNCC1)NC1CCN2CCCCC12. The van der Waals surface area contributed by atoms with Crippen molar-refractivity contribution in [3.8, 4) is 0 Å². The highest BCUT2D eigenvalue weighted by molar-refractivity contribution is 5.78. The lowest BCUT2D eigenvalue weighted by Crippen LogP contribution is -2.51. The van der Waals surface area contributed by atoms with Gasteiger partial charge in [0.05, 0.1) is 6.54 Å². The van der Waals surface area contributed by atoms with Gasteiger partial charge in [0.15, 0.2) is 0 Å². The molecule has 3 heterocycles. The molecule has 0 saturated carbocycles. The molecule has 19 heavy (non-hydrogen) atoms. The first kappa shape index (κ1) is 13.3. The Morgan fingerprint density at radius 3 is 2.79 bits per heavy atom. The minimum atomic E-state index is 0.222. The number of nitrogens with zero attached hydrogens (tertiary/aromatic N) is 2. The molecule has 0 spiro atoms. The standard InChI is InChI=1S/C14H26N4O/c19-14(11-17-9-5-15-6-10-17)16-12-4-8-18-7-2-1-3-13(12)18/h12-13,15H,1-11H2,(H,16,19). The van der Waals surface area contributed by atoms with Gasteiger partial charge < -0.3 is 10.6 Å². The number of piperazine rings is 1. The van der Waals surface area contributed by atoms with Crippen molar-refractivity contribution in [2.75, 3.05) is 45.8 Å². The molecule has 2 atom stereocenters. The Morgan fingerprint density at radius 2 is 1.95 bits per heavy atom. The zero-order valence-electron chi connectivity index (χ0n) is 11.7. The fourth-order valence-electron chi connectivity index (χ4n) is 3.74. The summed E-state index contributed by atoms with van der Waals surface area (Å²) in [6.07, 6.45) is 5.06. The lowest BCUT2D eigenvalue weighted by Gasteiger charge is -2.33. The molecule has 3 aliphatic heterocycles. The molecule has 5 nitrogen and oxygen atoms in total. The van der Waals surface area contributed by atoms with Crippen LogP contribution in [0, 0.1) is 0 Å². The zero-order chi connectivity index (χ0) is 13.1. The summed E-state index contributed by atoms with van der Waals surface area (Å²) in [5.41, 5.74) is 0. The number of nitrogens with one attached hydrogen (secondary N) is 2. The van der Waals surface area contributed by atoms with Gasteiger partial charge in [-0.15, -0.1) is 0 Å². The Morgan fingerprint density at radius 1 is 1.11 bits per heavy atom. The zero-order valence-corrected chi connectivity index (χ0v) is 11.7. The van der Waals surface area contributed by atoms with Gasteiger partial charge in [0, 0.05) is 44.8 Å². The van der Waals surface area contributed by atoms with Gasteiger partial charge in [0.25, 0.3) is 0 Å². The van der Waals surface area contributed by atoms with E-state index in [4.69, 9.17) is 0 Å². The summed E-state index contributed by atoms with van der Waals surface area (Å²) in [6.45, 7) is 6.98. The van der Waals surface area contributed by atoms with Gasteiger partial charge in [-0.1, -0.05) is 6.42 Å². The van der Waals surface area contributed by atoms with Crippen LogP contribution < -0.4 is 10.6 Å². The molecule has 0 aliphatic carbocycles. The number of carbonyl (C=O) groups is 1. The first-order chi connectivity index (χ1) is 9.33. The van der Waals surface area contributed by atoms with Gasteiger partial charge in [-0.3, -0.25) is 14.6 Å². The van der Waals surface area contributed by atoms with Crippen LogP contribution in [0.5, 0.6) is 0 Å². The number of rotatable bonds is 3. The fourth-order valence-corrected chi connectivity index (χ4v) is 3.74. The molecule has 3 aliphatic rings. The third-order valence-corrected chi connectivity index (χ3v) is 4.78. The summed E-state index contributed by atoms with van der Waals surface area (Å²) in [7, 11) is 0. The van der Waals surface area contributed by atoms with Gasteiger partial charge in [0.1, 0.15) is 0 Å². The van der Waals surface area contributed by atoms with Crippen molar-refractivity contribution >= 4 is 5.91 Å². The van der Waals surface area contributed by atoms with Crippen LogP contribution in [0.15, 0.2) is 0 Å². The number of amides is 1. The first-order valence-corrected chi connectivity index (χ1v) is 7.79. The molecule has 2 N–H and O–H groups in total. The Hall–Kier alpha value is -0.650. The topological polar surface area (TPSA) is 47.6 Å². The molecular formula is C14H26N4O. The van der Waals surface area contributed by atoms with E-state index >= 15 is 0 Å². The molecule has 108 valence electrons. The minimum absolute atomic E-state index is 0.222. The Kier molecular flexibility index (Phi) is 4.35. The van der Waals surface area contributed by atoms with E-state index in [-0.39, 0.29) is 5.91 Å². The average molecular weight is 266 g/mol. The van der Waals surface area contributed by atoms with Crippen molar-refractivity contribution in [2.45, 2.75) is 37.8 Å². The second-order valence-electron chi connectivity index (χ2n) is 6.09. The van der Waals surface area contributed by atoms with Crippen molar-refractivity contribution in [1.29, 1.82) is 0 Å². The summed E-state index contributed by atoms with van der Waals surface area (Å²) in [6, 6.07) is 1.01. The van der Waals surface area contributed by atoms with Gasteiger partial charge in [0.2, 0.25) is 5.91 Å². The van der Waals surface area contributed by atoms with Crippen molar-refractivity contribution in [1.82, 2.24) is 20.4 Å². The minimum Gasteiger partial charge on any atom is -0.351 e.